The Morgan fingerprint density at radius 3 is 1.16 bits per heavy atom. The number of hydrogen-bond donors (Lipinski definition) is 11. The average molecular weight is 570 g/mol. The van der Waals surface area contributed by atoms with Gasteiger partial charge in [0.05, 0.1) is 39.1 Å². The molecule has 0 saturated carbocycles. The molecule has 0 aliphatic carbocycles. The van der Waals surface area contributed by atoms with Crippen molar-refractivity contribution in [2.75, 3.05) is 59.5 Å². The maximum atomic E-state index is 9.11. The fraction of sp³-hybridized carbons (Fsp3) is 1.00. The van der Waals surface area contributed by atoms with Gasteiger partial charge in [0.25, 0.3) is 0 Å². The minimum absolute atomic E-state index is 0. The maximum Gasteiger partial charge on any atom is 0.154 e. The molecular weight excluding hydrogens is 508 g/mol. The van der Waals surface area contributed by atoms with E-state index in [2.05, 4.69) is 0 Å². The molecule has 11 N–H and O–H groups in total. The second-order valence-electron chi connectivity index (χ2n) is 8.60. The van der Waals surface area contributed by atoms with Gasteiger partial charge < -0.3 is 60.5 Å². The SMILES string of the molecule is CC(C)(CO)CO.CCC(O)OCC(C)OC(O)CC.OCCCCCO.OCCCCO.OCCO.[OH]. The normalized spacial score (nSPS) is 12.4. The molecule has 0 saturated heterocycles. The molecule has 0 rings (SSSR count). The van der Waals surface area contributed by atoms with Crippen molar-refractivity contribution in [3.63, 3.8) is 0 Å². The number of unbranched alkanes of at least 4 members (excludes halogenated alkanes) is 3. The fourth-order valence-corrected chi connectivity index (χ4v) is 1.44. The van der Waals surface area contributed by atoms with E-state index in [9.17, 15) is 0 Å². The van der Waals surface area contributed by atoms with Crippen molar-refractivity contribution in [3.05, 3.63) is 0 Å². The van der Waals surface area contributed by atoms with E-state index in [1.807, 2.05) is 13.8 Å². The monoisotopic (exact) mass is 569 g/mol. The molecule has 0 aliphatic rings. The number of ether oxygens (including phenoxy) is 2. The lowest BCUT2D eigenvalue weighted by atomic mass is 9.97. The highest BCUT2D eigenvalue weighted by molar-refractivity contribution is 4.63. The molecule has 13 heteroatoms. The van der Waals surface area contributed by atoms with E-state index in [0.29, 0.717) is 19.4 Å². The van der Waals surface area contributed by atoms with Gasteiger partial charge in [-0.15, -0.1) is 0 Å². The van der Waals surface area contributed by atoms with E-state index in [1.165, 1.54) is 0 Å². The summed E-state index contributed by atoms with van der Waals surface area (Å²) in [7, 11) is 0. The van der Waals surface area contributed by atoms with Gasteiger partial charge in [-0.3, -0.25) is 5.48 Å². The van der Waals surface area contributed by atoms with Crippen LogP contribution in [0.1, 0.15) is 79.6 Å². The molecule has 0 amide bonds. The zero-order valence-corrected chi connectivity index (χ0v) is 24.3. The predicted molar refractivity (Wildman–Crippen MR) is 145 cm³/mol. The second-order valence-corrected chi connectivity index (χ2v) is 8.60. The van der Waals surface area contributed by atoms with Crippen molar-refractivity contribution < 1.29 is 66.0 Å². The molecule has 239 valence electrons. The largest absolute Gasteiger partial charge is 0.396 e. The highest BCUT2D eigenvalue weighted by Gasteiger charge is 2.13. The smallest absolute Gasteiger partial charge is 0.154 e. The highest BCUT2D eigenvalue weighted by atomic mass is 16.6. The number of aliphatic hydroxyl groups excluding tert-OH is 10. The number of rotatable bonds is 17. The fourth-order valence-electron chi connectivity index (χ4n) is 1.44. The lowest BCUT2D eigenvalue weighted by molar-refractivity contribution is -0.176. The Hall–Kier alpha value is -0.520. The van der Waals surface area contributed by atoms with Crippen LogP contribution in [0.3, 0.4) is 0 Å². The highest BCUT2D eigenvalue weighted by Crippen LogP contribution is 2.10. The lowest BCUT2D eigenvalue weighted by Gasteiger charge is -2.18. The van der Waals surface area contributed by atoms with Gasteiger partial charge in [0, 0.05) is 31.8 Å². The van der Waals surface area contributed by atoms with Gasteiger partial charge >= 0.3 is 0 Å². The van der Waals surface area contributed by atoms with Crippen molar-refractivity contribution in [1.29, 1.82) is 0 Å². The van der Waals surface area contributed by atoms with Crippen molar-refractivity contribution in [1.82, 2.24) is 0 Å². The topological polar surface area (TPSA) is 251 Å². The molecule has 0 aromatic rings. The van der Waals surface area contributed by atoms with Crippen molar-refractivity contribution >= 4 is 0 Å². The Bertz CT molecular complexity index is 348. The number of hydrogen-bond acceptors (Lipinski definition) is 12. The summed E-state index contributed by atoms with van der Waals surface area (Å²) in [6, 6.07) is 0. The molecule has 38 heavy (non-hydrogen) atoms. The molecule has 3 unspecified atom stereocenters. The summed E-state index contributed by atoms with van der Waals surface area (Å²) < 4.78 is 10.1. The second kappa shape index (κ2) is 43.5. The van der Waals surface area contributed by atoms with E-state index >= 15 is 0 Å². The summed E-state index contributed by atoms with van der Waals surface area (Å²) in [6.07, 6.45) is 3.46. The van der Waals surface area contributed by atoms with E-state index in [4.69, 9.17) is 60.5 Å². The van der Waals surface area contributed by atoms with Gasteiger partial charge in [-0.1, -0.05) is 27.7 Å². The van der Waals surface area contributed by atoms with Crippen molar-refractivity contribution in [3.8, 4) is 0 Å². The van der Waals surface area contributed by atoms with Crippen molar-refractivity contribution in [2.24, 2.45) is 5.41 Å². The minimum Gasteiger partial charge on any atom is -0.396 e. The summed E-state index contributed by atoms with van der Waals surface area (Å²) in [5.74, 6) is 0. The van der Waals surface area contributed by atoms with Crippen LogP contribution in [0.2, 0.25) is 0 Å². The first kappa shape index (κ1) is 50.3. The molecule has 3 atom stereocenters. The molecule has 0 aliphatic heterocycles. The average Bonchev–Trinajstić information content (AvgIpc) is 2.91. The summed E-state index contributed by atoms with van der Waals surface area (Å²) >= 11 is 0. The summed E-state index contributed by atoms with van der Waals surface area (Å²) in [5.41, 5.74) is -0.306. The van der Waals surface area contributed by atoms with Gasteiger partial charge in [-0.05, 0) is 51.9 Å². The van der Waals surface area contributed by atoms with E-state index in [-0.39, 0.29) is 69.9 Å². The van der Waals surface area contributed by atoms with Gasteiger partial charge in [0.1, 0.15) is 0 Å². The third kappa shape index (κ3) is 60.2. The molecule has 0 heterocycles. The first-order valence-corrected chi connectivity index (χ1v) is 13.0. The van der Waals surface area contributed by atoms with Gasteiger partial charge in [0.2, 0.25) is 0 Å². The molecule has 0 aromatic heterocycles. The van der Waals surface area contributed by atoms with E-state index in [0.717, 1.165) is 32.1 Å². The lowest BCUT2D eigenvalue weighted by Crippen LogP contribution is -2.25. The number of aliphatic hydroxyl groups is 10. The molecule has 0 spiro atoms. The third-order valence-electron chi connectivity index (χ3n) is 3.95. The van der Waals surface area contributed by atoms with Gasteiger partial charge in [-0.2, -0.15) is 0 Å². The molecule has 0 bridgehead atoms. The van der Waals surface area contributed by atoms with Crippen LogP contribution in [0.15, 0.2) is 0 Å². The van der Waals surface area contributed by atoms with Crippen LogP contribution in [-0.4, -0.2) is 135 Å². The standard InChI is InChI=1S/C9H20O4.2C5H12O2.C4H10O2.C2H6O2.HO/c1-4-8(10)12-6-7(3)13-9(11)5-2;1-5(2,3-6)4-7;6-4-2-1-3-5-7;5-3-1-2-4-6;3-1-2-4;/h7-11H,4-6H2,1-3H3;6-7H,3-4H2,1-2H3;6-7H,1-5H2;5-6H,1-4H2;3-4H,1-2H2;1H. The first-order chi connectivity index (χ1) is 17.5. The molecular formula is C25H61O13. The Labute approximate surface area is 229 Å². The summed E-state index contributed by atoms with van der Waals surface area (Å²) in [6.45, 7) is 10.1. The van der Waals surface area contributed by atoms with Gasteiger partial charge in [0.15, 0.2) is 12.6 Å². The quantitative estimate of drug-likeness (QED) is 0.0787. The first-order valence-electron chi connectivity index (χ1n) is 13.0. The Morgan fingerprint density at radius 2 is 0.921 bits per heavy atom. The van der Waals surface area contributed by atoms with E-state index in [1.54, 1.807) is 20.8 Å². The Kier molecular flexibility index (Phi) is 57.7. The van der Waals surface area contributed by atoms with Crippen LogP contribution >= 0.6 is 0 Å². The van der Waals surface area contributed by atoms with Crippen LogP contribution in [0.4, 0.5) is 0 Å². The molecule has 1 radical (unpaired) electrons. The molecule has 0 fully saturated rings. The Balaban J connectivity index is -0.0000000889. The third-order valence-corrected chi connectivity index (χ3v) is 3.95. The zero-order valence-electron chi connectivity index (χ0n) is 24.3. The van der Waals surface area contributed by atoms with Crippen LogP contribution in [0.25, 0.3) is 0 Å². The maximum absolute atomic E-state index is 9.11. The van der Waals surface area contributed by atoms with Crippen LogP contribution < -0.4 is 0 Å². The van der Waals surface area contributed by atoms with Gasteiger partial charge in [-0.25, -0.2) is 0 Å². The Morgan fingerprint density at radius 1 is 0.579 bits per heavy atom. The summed E-state index contributed by atoms with van der Waals surface area (Å²) in [5, 5.41) is 82.9. The zero-order chi connectivity index (χ0) is 30.0. The van der Waals surface area contributed by atoms with E-state index < -0.39 is 12.6 Å². The molecule has 13 nitrogen and oxygen atoms in total. The van der Waals surface area contributed by atoms with Crippen LogP contribution in [0.5, 0.6) is 0 Å². The summed E-state index contributed by atoms with van der Waals surface area (Å²) in [4.78, 5) is 0. The van der Waals surface area contributed by atoms with Crippen LogP contribution in [0, 0.1) is 5.41 Å². The predicted octanol–water partition coefficient (Wildman–Crippen LogP) is -0.451. The minimum atomic E-state index is -0.739. The molecule has 0 aromatic carbocycles. The van der Waals surface area contributed by atoms with Crippen molar-refractivity contribution in [2.45, 2.75) is 98.2 Å². The van der Waals surface area contributed by atoms with Crippen LogP contribution in [-0.2, 0) is 9.47 Å².